The van der Waals surface area contributed by atoms with Crippen molar-refractivity contribution in [3.8, 4) is 11.1 Å². The van der Waals surface area contributed by atoms with Crippen LogP contribution in [0, 0.1) is 0 Å². The van der Waals surface area contributed by atoms with Crippen molar-refractivity contribution < 1.29 is 4.79 Å². The van der Waals surface area contributed by atoms with Crippen molar-refractivity contribution in [1.82, 2.24) is 0 Å². The second kappa shape index (κ2) is 11.0. The van der Waals surface area contributed by atoms with Gasteiger partial charge in [-0.25, -0.2) is 0 Å². The zero-order valence-corrected chi connectivity index (χ0v) is 12.1. The van der Waals surface area contributed by atoms with Gasteiger partial charge in [-0.1, -0.05) is 99.2 Å². The van der Waals surface area contributed by atoms with Crippen LogP contribution in [0.1, 0.15) is 38.5 Å². The maximum Gasteiger partial charge on any atom is 0.106 e. The Kier molecular flexibility index (Phi) is 8.88. The van der Waals surface area contributed by atoms with E-state index >= 15 is 0 Å². The molecule has 1 saturated carbocycles. The summed E-state index contributed by atoms with van der Waals surface area (Å²) in [5.41, 5.74) is 2.55. The van der Waals surface area contributed by atoms with Gasteiger partial charge in [-0.05, 0) is 11.1 Å². The summed E-state index contributed by atoms with van der Waals surface area (Å²) in [7, 11) is 0. The summed E-state index contributed by atoms with van der Waals surface area (Å²) in [6.07, 6.45) is 9.00. The van der Waals surface area contributed by atoms with Crippen molar-refractivity contribution >= 4 is 6.79 Å². The summed E-state index contributed by atoms with van der Waals surface area (Å²) < 4.78 is 0. The lowest BCUT2D eigenvalue weighted by atomic mass is 10.0. The van der Waals surface area contributed by atoms with Crippen LogP contribution in [0.15, 0.2) is 60.7 Å². The minimum absolute atomic E-state index is 1.28. The lowest BCUT2D eigenvalue weighted by Gasteiger charge is -2.05. The number of rotatable bonds is 1. The van der Waals surface area contributed by atoms with E-state index in [0.717, 1.165) is 0 Å². The van der Waals surface area contributed by atoms with Gasteiger partial charge in [-0.15, -0.1) is 0 Å². The summed E-state index contributed by atoms with van der Waals surface area (Å²) in [5.74, 6) is 0. The minimum atomic E-state index is 1.28. The molecule has 0 bridgehead atoms. The van der Waals surface area contributed by atoms with E-state index in [9.17, 15) is 0 Å². The Morgan fingerprint density at radius 3 is 1.00 bits per heavy atom. The van der Waals surface area contributed by atoms with Crippen LogP contribution in [-0.4, -0.2) is 6.79 Å². The largest absolute Gasteiger partial charge is 0.307 e. The summed E-state index contributed by atoms with van der Waals surface area (Å²) in [5, 5.41) is 0. The predicted octanol–water partition coefficient (Wildman–Crippen LogP) is 5.51. The minimum Gasteiger partial charge on any atom is -0.307 e. The van der Waals surface area contributed by atoms with E-state index in [-0.39, 0.29) is 0 Å². The van der Waals surface area contributed by atoms with Gasteiger partial charge in [0, 0.05) is 0 Å². The van der Waals surface area contributed by atoms with Gasteiger partial charge >= 0.3 is 0 Å². The summed E-state index contributed by atoms with van der Waals surface area (Å²) in [4.78, 5) is 8.00. The first-order chi connectivity index (χ1) is 9.97. The molecule has 1 fully saturated rings. The average molecular weight is 268 g/mol. The Labute approximate surface area is 122 Å². The first-order valence-electron chi connectivity index (χ1n) is 7.36. The molecule has 0 heterocycles. The van der Waals surface area contributed by atoms with Gasteiger partial charge in [0.05, 0.1) is 0 Å². The molecule has 0 radical (unpaired) electrons. The molecule has 1 aliphatic carbocycles. The molecule has 1 aliphatic rings. The van der Waals surface area contributed by atoms with Crippen molar-refractivity contribution in [3.63, 3.8) is 0 Å². The third kappa shape index (κ3) is 6.33. The maximum absolute atomic E-state index is 8.00. The molecule has 0 unspecified atom stereocenters. The Balaban J connectivity index is 0.000000211. The number of hydrogen-bond acceptors (Lipinski definition) is 1. The average Bonchev–Trinajstić information content (AvgIpc) is 2.60. The Hall–Kier alpha value is -1.89. The Morgan fingerprint density at radius 2 is 0.750 bits per heavy atom. The molecule has 0 saturated heterocycles. The molecular formula is C19H24O. The van der Waals surface area contributed by atoms with Crippen molar-refractivity contribution in [2.24, 2.45) is 0 Å². The van der Waals surface area contributed by atoms with Gasteiger partial charge in [0.15, 0.2) is 0 Å². The SMILES string of the molecule is C1CCCCC1.C=O.c1ccc(-c2ccccc2)cc1. The molecule has 0 aliphatic heterocycles. The quantitative estimate of drug-likeness (QED) is 0.666. The normalized spacial score (nSPS) is 13.2. The van der Waals surface area contributed by atoms with E-state index < -0.39 is 0 Å². The van der Waals surface area contributed by atoms with Gasteiger partial charge < -0.3 is 4.79 Å². The maximum atomic E-state index is 8.00. The van der Waals surface area contributed by atoms with Crippen molar-refractivity contribution in [1.29, 1.82) is 0 Å². The monoisotopic (exact) mass is 268 g/mol. The number of benzene rings is 2. The van der Waals surface area contributed by atoms with Gasteiger partial charge in [-0.2, -0.15) is 0 Å². The summed E-state index contributed by atoms with van der Waals surface area (Å²) in [6, 6.07) is 20.8. The molecule has 0 N–H and O–H groups in total. The molecule has 3 rings (SSSR count). The predicted molar refractivity (Wildman–Crippen MR) is 86.7 cm³/mol. The molecule has 0 amide bonds. The standard InChI is InChI=1S/C12H10.C6H12.CH2O/c1-3-7-11(8-4-1)12-9-5-2-6-10-12;1-2-4-6-5-3-1;1-2/h1-10H;1-6H2;1H2. The van der Waals surface area contributed by atoms with E-state index in [1.165, 1.54) is 49.7 Å². The topological polar surface area (TPSA) is 17.1 Å². The van der Waals surface area contributed by atoms with Gasteiger partial charge in [-0.3, -0.25) is 0 Å². The van der Waals surface area contributed by atoms with Crippen LogP contribution in [0.2, 0.25) is 0 Å². The van der Waals surface area contributed by atoms with E-state index in [4.69, 9.17) is 4.79 Å². The first-order valence-corrected chi connectivity index (χ1v) is 7.36. The zero-order chi connectivity index (χ0) is 14.5. The molecule has 0 atom stereocenters. The van der Waals surface area contributed by atoms with Crippen LogP contribution in [0.4, 0.5) is 0 Å². The fourth-order valence-corrected chi connectivity index (χ4v) is 2.32. The molecule has 1 nitrogen and oxygen atoms in total. The van der Waals surface area contributed by atoms with E-state index in [1.807, 2.05) is 18.9 Å². The van der Waals surface area contributed by atoms with E-state index in [0.29, 0.717) is 0 Å². The van der Waals surface area contributed by atoms with E-state index in [2.05, 4.69) is 48.5 Å². The Morgan fingerprint density at radius 1 is 0.500 bits per heavy atom. The van der Waals surface area contributed by atoms with E-state index in [1.54, 1.807) is 0 Å². The number of hydrogen-bond donors (Lipinski definition) is 0. The highest BCUT2D eigenvalue weighted by Crippen LogP contribution is 2.17. The Bertz CT molecular complexity index is 383. The third-order valence-electron chi connectivity index (χ3n) is 3.38. The molecule has 2 aromatic rings. The van der Waals surface area contributed by atoms with Crippen LogP contribution < -0.4 is 0 Å². The van der Waals surface area contributed by atoms with Gasteiger partial charge in [0.2, 0.25) is 0 Å². The zero-order valence-electron chi connectivity index (χ0n) is 12.1. The second-order valence-electron chi connectivity index (χ2n) is 4.85. The fourth-order valence-electron chi connectivity index (χ4n) is 2.32. The third-order valence-corrected chi connectivity index (χ3v) is 3.38. The number of carbonyl (C=O) groups is 1. The molecule has 1 heteroatoms. The lowest BCUT2D eigenvalue weighted by Crippen LogP contribution is -1.85. The van der Waals surface area contributed by atoms with Crippen molar-refractivity contribution in [2.45, 2.75) is 38.5 Å². The highest BCUT2D eigenvalue weighted by molar-refractivity contribution is 5.62. The molecule has 0 spiro atoms. The molecule has 20 heavy (non-hydrogen) atoms. The highest BCUT2D eigenvalue weighted by atomic mass is 16.1. The lowest BCUT2D eigenvalue weighted by molar-refractivity contribution is -0.0979. The van der Waals surface area contributed by atoms with Crippen molar-refractivity contribution in [2.75, 3.05) is 0 Å². The molecule has 2 aromatic carbocycles. The van der Waals surface area contributed by atoms with Crippen LogP contribution in [0.5, 0.6) is 0 Å². The molecule has 0 aromatic heterocycles. The summed E-state index contributed by atoms with van der Waals surface area (Å²) in [6.45, 7) is 2.00. The number of carbonyl (C=O) groups excluding carboxylic acids is 1. The smallest absolute Gasteiger partial charge is 0.106 e. The van der Waals surface area contributed by atoms with Gasteiger partial charge in [0.1, 0.15) is 6.79 Å². The van der Waals surface area contributed by atoms with Crippen molar-refractivity contribution in [3.05, 3.63) is 60.7 Å². The first kappa shape index (κ1) is 16.2. The summed E-state index contributed by atoms with van der Waals surface area (Å²) >= 11 is 0. The highest BCUT2D eigenvalue weighted by Gasteiger charge is 1.95. The van der Waals surface area contributed by atoms with Crippen LogP contribution >= 0.6 is 0 Å². The second-order valence-corrected chi connectivity index (χ2v) is 4.85. The fraction of sp³-hybridized carbons (Fsp3) is 0.316. The van der Waals surface area contributed by atoms with Crippen LogP contribution in [0.25, 0.3) is 11.1 Å². The van der Waals surface area contributed by atoms with Gasteiger partial charge in [0.25, 0.3) is 0 Å². The molecular weight excluding hydrogens is 244 g/mol. The van der Waals surface area contributed by atoms with Crippen LogP contribution in [0.3, 0.4) is 0 Å². The molecule has 106 valence electrons. The van der Waals surface area contributed by atoms with Crippen LogP contribution in [-0.2, 0) is 4.79 Å².